The molecule has 1 heterocycles. The van der Waals surface area contributed by atoms with E-state index >= 15 is 0 Å². The molecule has 0 saturated carbocycles. The predicted octanol–water partition coefficient (Wildman–Crippen LogP) is 0.341. The van der Waals surface area contributed by atoms with Gasteiger partial charge in [-0.1, -0.05) is 6.92 Å². The molecule has 0 aromatic carbocycles. The molecule has 5 heteroatoms. The van der Waals surface area contributed by atoms with Gasteiger partial charge in [-0.2, -0.15) is 5.10 Å². The van der Waals surface area contributed by atoms with Gasteiger partial charge in [-0.3, -0.25) is 5.10 Å². The number of ether oxygens (including phenoxy) is 1. The monoisotopic (exact) mass is 169 g/mol. The van der Waals surface area contributed by atoms with Crippen molar-refractivity contribution in [1.29, 1.82) is 0 Å². The number of hydrogen-bond acceptors (Lipinski definition) is 4. The van der Waals surface area contributed by atoms with Gasteiger partial charge in [0.05, 0.1) is 12.8 Å². The number of nitrogens with zero attached hydrogens (tertiary/aromatic N) is 1. The summed E-state index contributed by atoms with van der Waals surface area (Å²) in [5.41, 5.74) is 6.46. The van der Waals surface area contributed by atoms with Gasteiger partial charge in [0.2, 0.25) is 0 Å². The maximum absolute atomic E-state index is 11.1. The first kappa shape index (κ1) is 8.58. The number of nitrogens with one attached hydrogen (secondary N) is 1. The van der Waals surface area contributed by atoms with E-state index in [1.807, 2.05) is 6.92 Å². The van der Waals surface area contributed by atoms with Crippen molar-refractivity contribution >= 4 is 11.8 Å². The molecule has 1 aromatic rings. The van der Waals surface area contributed by atoms with Crippen LogP contribution in [0, 0.1) is 0 Å². The van der Waals surface area contributed by atoms with Crippen LogP contribution >= 0.6 is 0 Å². The van der Waals surface area contributed by atoms with E-state index in [4.69, 9.17) is 5.73 Å². The average Bonchev–Trinajstić information content (AvgIpc) is 2.45. The summed E-state index contributed by atoms with van der Waals surface area (Å²) >= 11 is 0. The normalized spacial score (nSPS) is 9.83. The number of nitrogen functional groups attached to an aromatic ring is 1. The lowest BCUT2D eigenvalue weighted by molar-refractivity contribution is 0.0601. The first-order valence-corrected chi connectivity index (χ1v) is 3.61. The zero-order valence-electron chi connectivity index (χ0n) is 7.05. The Morgan fingerprint density at radius 2 is 2.42 bits per heavy atom. The molecule has 0 amide bonds. The van der Waals surface area contributed by atoms with E-state index in [1.165, 1.54) is 7.11 Å². The summed E-state index contributed by atoms with van der Waals surface area (Å²) < 4.78 is 4.54. The largest absolute Gasteiger partial charge is 0.465 e. The summed E-state index contributed by atoms with van der Waals surface area (Å²) in [6.07, 6.45) is 0.651. The summed E-state index contributed by atoms with van der Waals surface area (Å²) in [7, 11) is 1.31. The second-order valence-corrected chi connectivity index (χ2v) is 2.30. The molecular weight excluding hydrogens is 158 g/mol. The van der Waals surface area contributed by atoms with Gasteiger partial charge < -0.3 is 10.5 Å². The van der Waals surface area contributed by atoms with Gasteiger partial charge in [-0.25, -0.2) is 4.79 Å². The van der Waals surface area contributed by atoms with Crippen LogP contribution < -0.4 is 5.73 Å². The Morgan fingerprint density at radius 1 is 1.75 bits per heavy atom. The highest BCUT2D eigenvalue weighted by molar-refractivity contribution is 5.95. The summed E-state index contributed by atoms with van der Waals surface area (Å²) in [6, 6.07) is 0. The summed E-state index contributed by atoms with van der Waals surface area (Å²) in [6.45, 7) is 1.89. The Balaban J connectivity index is 3.10. The highest BCUT2D eigenvalue weighted by atomic mass is 16.5. The highest BCUT2D eigenvalue weighted by Crippen LogP contribution is 2.14. The Hall–Kier alpha value is -1.52. The maximum Gasteiger partial charge on any atom is 0.343 e. The van der Waals surface area contributed by atoms with E-state index in [-0.39, 0.29) is 5.82 Å². The Morgan fingerprint density at radius 3 is 2.92 bits per heavy atom. The van der Waals surface area contributed by atoms with E-state index in [1.54, 1.807) is 0 Å². The van der Waals surface area contributed by atoms with Crippen LogP contribution in [0.2, 0.25) is 0 Å². The lowest BCUT2D eigenvalue weighted by atomic mass is 10.2. The average molecular weight is 169 g/mol. The van der Waals surface area contributed by atoms with Crippen LogP contribution in [0.4, 0.5) is 5.82 Å². The Kier molecular flexibility index (Phi) is 2.32. The molecule has 0 unspecified atom stereocenters. The van der Waals surface area contributed by atoms with Gasteiger partial charge in [-0.05, 0) is 6.42 Å². The van der Waals surface area contributed by atoms with Crippen LogP contribution in [0.3, 0.4) is 0 Å². The fourth-order valence-electron chi connectivity index (χ4n) is 0.981. The molecule has 0 fully saturated rings. The fourth-order valence-corrected chi connectivity index (χ4v) is 0.981. The summed E-state index contributed by atoms with van der Waals surface area (Å²) in [5, 5.41) is 6.38. The van der Waals surface area contributed by atoms with Gasteiger partial charge in [-0.15, -0.1) is 0 Å². The number of aromatic amines is 1. The third-order valence-corrected chi connectivity index (χ3v) is 1.59. The number of esters is 1. The van der Waals surface area contributed by atoms with Crippen LogP contribution in [0.25, 0.3) is 0 Å². The SMILES string of the molecule is CCc1n[nH]c(N)c1C(=O)OC. The molecule has 0 bridgehead atoms. The molecule has 1 rings (SSSR count). The third-order valence-electron chi connectivity index (χ3n) is 1.59. The zero-order chi connectivity index (χ0) is 9.14. The number of carbonyl (C=O) groups is 1. The molecule has 0 atom stereocenters. The second-order valence-electron chi connectivity index (χ2n) is 2.30. The highest BCUT2D eigenvalue weighted by Gasteiger charge is 2.17. The molecule has 1 aromatic heterocycles. The van der Waals surface area contributed by atoms with Crippen molar-refractivity contribution in [1.82, 2.24) is 10.2 Å². The summed E-state index contributed by atoms with van der Waals surface area (Å²) in [4.78, 5) is 11.1. The van der Waals surface area contributed by atoms with Crippen LogP contribution in [0.5, 0.6) is 0 Å². The van der Waals surface area contributed by atoms with Crippen LogP contribution in [-0.2, 0) is 11.2 Å². The van der Waals surface area contributed by atoms with Crippen LogP contribution in [0.15, 0.2) is 0 Å². The number of H-pyrrole nitrogens is 1. The quantitative estimate of drug-likeness (QED) is 0.625. The molecule has 0 radical (unpaired) electrons. The minimum absolute atomic E-state index is 0.263. The van der Waals surface area contributed by atoms with Crippen molar-refractivity contribution in [2.75, 3.05) is 12.8 Å². The molecular formula is C7H11N3O2. The fraction of sp³-hybridized carbons (Fsp3) is 0.429. The van der Waals surface area contributed by atoms with Crippen molar-refractivity contribution in [2.24, 2.45) is 0 Å². The lowest BCUT2D eigenvalue weighted by Gasteiger charge is -1.97. The van der Waals surface area contributed by atoms with Crippen LogP contribution in [-0.4, -0.2) is 23.3 Å². The van der Waals surface area contributed by atoms with Crippen molar-refractivity contribution in [2.45, 2.75) is 13.3 Å². The standard InChI is InChI=1S/C7H11N3O2/c1-3-4-5(7(11)12-2)6(8)10-9-4/h3H2,1-2H3,(H3,8,9,10). The number of nitrogens with two attached hydrogens (primary N) is 1. The number of rotatable bonds is 2. The molecule has 12 heavy (non-hydrogen) atoms. The number of anilines is 1. The maximum atomic E-state index is 11.1. The number of methoxy groups -OCH3 is 1. The van der Waals surface area contributed by atoms with Crippen molar-refractivity contribution < 1.29 is 9.53 Å². The van der Waals surface area contributed by atoms with Crippen molar-refractivity contribution in [3.63, 3.8) is 0 Å². The van der Waals surface area contributed by atoms with E-state index in [9.17, 15) is 4.79 Å². The van der Waals surface area contributed by atoms with E-state index in [0.29, 0.717) is 17.7 Å². The van der Waals surface area contributed by atoms with Gasteiger partial charge in [0, 0.05) is 0 Å². The summed E-state index contributed by atoms with van der Waals surface area (Å²) in [5.74, 6) is -0.184. The number of aryl methyl sites for hydroxylation is 1. The molecule has 0 aliphatic rings. The molecule has 0 aliphatic carbocycles. The number of carbonyl (C=O) groups excluding carboxylic acids is 1. The van der Waals surface area contributed by atoms with Crippen molar-refractivity contribution in [3.8, 4) is 0 Å². The van der Waals surface area contributed by atoms with Crippen LogP contribution in [0.1, 0.15) is 23.0 Å². The second kappa shape index (κ2) is 3.25. The van der Waals surface area contributed by atoms with Gasteiger partial charge in [0.15, 0.2) is 0 Å². The smallest absolute Gasteiger partial charge is 0.343 e. The first-order chi connectivity index (χ1) is 5.70. The molecule has 3 N–H and O–H groups in total. The lowest BCUT2D eigenvalue weighted by Crippen LogP contribution is -2.06. The minimum atomic E-state index is -0.446. The van der Waals surface area contributed by atoms with Crippen molar-refractivity contribution in [3.05, 3.63) is 11.3 Å². The van der Waals surface area contributed by atoms with Gasteiger partial charge >= 0.3 is 5.97 Å². The topological polar surface area (TPSA) is 81.0 Å². The molecule has 66 valence electrons. The zero-order valence-corrected chi connectivity index (χ0v) is 7.05. The van der Waals surface area contributed by atoms with E-state index < -0.39 is 5.97 Å². The van der Waals surface area contributed by atoms with Gasteiger partial charge in [0.25, 0.3) is 0 Å². The molecule has 0 saturated heterocycles. The van der Waals surface area contributed by atoms with E-state index in [2.05, 4.69) is 14.9 Å². The van der Waals surface area contributed by atoms with Gasteiger partial charge in [0.1, 0.15) is 11.4 Å². The minimum Gasteiger partial charge on any atom is -0.465 e. The number of aromatic nitrogens is 2. The predicted molar refractivity (Wildman–Crippen MR) is 43.7 cm³/mol. The number of hydrogen-bond donors (Lipinski definition) is 2. The third kappa shape index (κ3) is 1.25. The van der Waals surface area contributed by atoms with E-state index in [0.717, 1.165) is 0 Å². The Labute approximate surface area is 69.9 Å². The first-order valence-electron chi connectivity index (χ1n) is 3.61. The molecule has 0 aliphatic heterocycles. The molecule has 0 spiro atoms. The molecule has 5 nitrogen and oxygen atoms in total. The Bertz CT molecular complexity index is 293.